The van der Waals surface area contributed by atoms with Crippen LogP contribution >= 0.6 is 7.82 Å². The van der Waals surface area contributed by atoms with Crippen LogP contribution < -0.4 is 5.32 Å². The summed E-state index contributed by atoms with van der Waals surface area (Å²) >= 11 is 0. The topological polar surface area (TPSA) is 226 Å². The highest BCUT2D eigenvalue weighted by Crippen LogP contribution is 2.47. The Kier molecular flexibility index (Phi) is 32.1. The van der Waals surface area contributed by atoms with Crippen molar-refractivity contribution >= 4 is 13.7 Å². The molecule has 1 aliphatic rings. The van der Waals surface area contributed by atoms with E-state index in [1.54, 1.807) is 6.08 Å². The Balaban J connectivity index is 2.54. The van der Waals surface area contributed by atoms with Crippen LogP contribution in [0.3, 0.4) is 0 Å². The fourth-order valence-corrected chi connectivity index (χ4v) is 7.93. The van der Waals surface area contributed by atoms with Crippen LogP contribution in [-0.4, -0.2) is 108 Å². The van der Waals surface area contributed by atoms with Crippen LogP contribution in [-0.2, 0) is 18.4 Å². The van der Waals surface area contributed by atoms with Crippen molar-refractivity contribution in [1.29, 1.82) is 0 Å². The quantitative estimate of drug-likeness (QED) is 0.0177. The fraction of sp³-hybridized carbons (Fsp3) is 0.841. The monoisotopic (exact) mass is 848 g/mol. The van der Waals surface area contributed by atoms with Crippen LogP contribution in [0.4, 0.5) is 0 Å². The summed E-state index contributed by atoms with van der Waals surface area (Å²) in [5.74, 6) is -0.640. The van der Waals surface area contributed by atoms with Crippen LogP contribution in [0.1, 0.15) is 174 Å². The van der Waals surface area contributed by atoms with Gasteiger partial charge in [-0.3, -0.25) is 13.8 Å². The summed E-state index contributed by atoms with van der Waals surface area (Å²) in [4.78, 5) is 23.3. The van der Waals surface area contributed by atoms with Gasteiger partial charge in [0.05, 0.1) is 31.3 Å². The highest BCUT2D eigenvalue weighted by molar-refractivity contribution is 7.47. The first-order valence-electron chi connectivity index (χ1n) is 22.5. The summed E-state index contributed by atoms with van der Waals surface area (Å²) in [6.07, 6.45) is 24.4. The minimum Gasteiger partial charge on any atom is -0.392 e. The molecule has 0 aromatic heterocycles. The van der Waals surface area contributed by atoms with E-state index < -0.39 is 75.2 Å². The number of phosphoric acid groups is 1. The number of aliphatic hydroxyl groups is 7. The lowest BCUT2D eigenvalue weighted by Gasteiger charge is -2.41. The van der Waals surface area contributed by atoms with E-state index in [0.29, 0.717) is 6.42 Å². The van der Waals surface area contributed by atoms with Crippen molar-refractivity contribution in [3.05, 3.63) is 36.5 Å². The summed E-state index contributed by atoms with van der Waals surface area (Å²) < 4.78 is 22.7. The minimum atomic E-state index is -5.15. The third-order valence-corrected chi connectivity index (χ3v) is 11.7. The molecule has 58 heavy (non-hydrogen) atoms. The largest absolute Gasteiger partial charge is 0.472 e. The maximum atomic E-state index is 12.9. The van der Waals surface area contributed by atoms with E-state index in [0.717, 1.165) is 51.4 Å². The molecule has 8 atom stereocenters. The molecule has 0 heterocycles. The molecular weight excluding hydrogens is 765 g/mol. The predicted molar refractivity (Wildman–Crippen MR) is 229 cm³/mol. The van der Waals surface area contributed by atoms with Crippen molar-refractivity contribution in [3.63, 3.8) is 0 Å². The molecule has 0 aromatic rings. The van der Waals surface area contributed by atoms with Gasteiger partial charge in [0.1, 0.15) is 36.6 Å². The van der Waals surface area contributed by atoms with Crippen LogP contribution in [0.2, 0.25) is 0 Å². The molecule has 340 valence electrons. The van der Waals surface area contributed by atoms with Gasteiger partial charge in [-0.05, 0) is 44.9 Å². The average molecular weight is 848 g/mol. The highest BCUT2D eigenvalue weighted by atomic mass is 31.2. The van der Waals surface area contributed by atoms with Gasteiger partial charge < -0.3 is 46.0 Å². The minimum absolute atomic E-state index is 0.246. The lowest BCUT2D eigenvalue weighted by molar-refractivity contribution is -0.220. The van der Waals surface area contributed by atoms with Crippen LogP contribution in [0.25, 0.3) is 0 Å². The van der Waals surface area contributed by atoms with E-state index in [1.165, 1.54) is 96.0 Å². The number of hydrogen-bond acceptors (Lipinski definition) is 11. The number of unbranched alkanes of at least 4 members (excludes halogenated alkanes) is 20. The van der Waals surface area contributed by atoms with E-state index in [-0.39, 0.29) is 12.8 Å². The molecule has 13 nitrogen and oxygen atoms in total. The maximum absolute atomic E-state index is 12.9. The van der Waals surface area contributed by atoms with Crippen molar-refractivity contribution in [2.24, 2.45) is 0 Å². The Morgan fingerprint density at radius 3 is 1.53 bits per heavy atom. The summed E-state index contributed by atoms with van der Waals surface area (Å²) in [5, 5.41) is 74.0. The number of carbonyl (C=O) groups excluding carboxylic acids is 1. The van der Waals surface area contributed by atoms with Gasteiger partial charge in [0.15, 0.2) is 0 Å². The predicted octanol–water partition coefficient (Wildman–Crippen LogP) is 6.97. The SMILES string of the molecule is CCCCCC/C=C\CC(O)CC(=O)NC(COP(=O)(O)OC1C(O)C(O)C(O)C(O)C1O)C(O)/C=C/CC/C=C/CCCCCCCCCCCCCCCCC. The van der Waals surface area contributed by atoms with Crippen LogP contribution in [0.15, 0.2) is 36.5 Å². The Labute approximate surface area is 349 Å². The number of allylic oxidation sites excluding steroid dienone is 4. The maximum Gasteiger partial charge on any atom is 0.472 e. The summed E-state index contributed by atoms with van der Waals surface area (Å²) in [6, 6.07) is -1.27. The zero-order chi connectivity index (χ0) is 43.0. The summed E-state index contributed by atoms with van der Waals surface area (Å²) in [5.41, 5.74) is 0. The van der Waals surface area contributed by atoms with E-state index >= 15 is 0 Å². The molecule has 1 rings (SSSR count). The molecule has 1 aliphatic carbocycles. The van der Waals surface area contributed by atoms with Crippen molar-refractivity contribution in [3.8, 4) is 0 Å². The van der Waals surface area contributed by atoms with Gasteiger partial charge in [-0.1, -0.05) is 159 Å². The number of carbonyl (C=O) groups is 1. The molecule has 1 saturated carbocycles. The Morgan fingerprint density at radius 1 is 0.603 bits per heavy atom. The van der Waals surface area contributed by atoms with Crippen molar-refractivity contribution in [2.75, 3.05) is 6.61 Å². The lowest BCUT2D eigenvalue weighted by Crippen LogP contribution is -2.64. The third-order valence-electron chi connectivity index (χ3n) is 10.7. The van der Waals surface area contributed by atoms with E-state index in [9.17, 15) is 50.0 Å². The van der Waals surface area contributed by atoms with E-state index in [4.69, 9.17) is 9.05 Å². The Hall–Kier alpha value is -1.48. The van der Waals surface area contributed by atoms with Gasteiger partial charge >= 0.3 is 7.82 Å². The number of rotatable bonds is 36. The molecular formula is C44H82NO12P. The molecule has 9 N–H and O–H groups in total. The molecule has 0 aliphatic heterocycles. The van der Waals surface area contributed by atoms with Gasteiger partial charge in [0, 0.05) is 0 Å². The molecule has 0 spiro atoms. The number of amides is 1. The summed E-state index contributed by atoms with van der Waals surface area (Å²) in [7, 11) is -5.15. The first-order valence-corrected chi connectivity index (χ1v) is 24.0. The van der Waals surface area contributed by atoms with Crippen LogP contribution in [0.5, 0.6) is 0 Å². The first kappa shape index (κ1) is 54.5. The standard InChI is InChI=1S/C44H82NO12P/c1-3-5-7-9-11-12-13-14-15-16-17-18-19-20-21-22-23-24-26-28-30-32-37(47)36(45-38(48)33-35(46)31-29-27-25-10-8-6-4-2)34-56-58(54,55)57-44-42(52)40(50)39(49)41(51)43(44)53/h23-24,27,29-30,32,35-37,39-44,46-47,49-53H,3-22,25-26,28,31,33-34H2,1-2H3,(H,45,48)(H,54,55)/b24-23+,29-27-,32-30+. The molecule has 1 amide bonds. The summed E-state index contributed by atoms with van der Waals surface area (Å²) in [6.45, 7) is 3.64. The Morgan fingerprint density at radius 2 is 1.02 bits per heavy atom. The van der Waals surface area contributed by atoms with Crippen LogP contribution in [0, 0.1) is 0 Å². The number of phosphoric ester groups is 1. The van der Waals surface area contributed by atoms with Gasteiger partial charge in [0.2, 0.25) is 5.91 Å². The van der Waals surface area contributed by atoms with Gasteiger partial charge in [-0.15, -0.1) is 0 Å². The van der Waals surface area contributed by atoms with Gasteiger partial charge in [-0.25, -0.2) is 4.57 Å². The molecule has 14 heteroatoms. The third kappa shape index (κ3) is 26.0. The number of aliphatic hydroxyl groups excluding tert-OH is 7. The fourth-order valence-electron chi connectivity index (χ4n) is 6.96. The second kappa shape index (κ2) is 34.1. The zero-order valence-electron chi connectivity index (χ0n) is 35.7. The van der Waals surface area contributed by atoms with Gasteiger partial charge in [0.25, 0.3) is 0 Å². The molecule has 1 fully saturated rings. The molecule has 0 bridgehead atoms. The van der Waals surface area contributed by atoms with Gasteiger partial charge in [-0.2, -0.15) is 0 Å². The van der Waals surface area contributed by atoms with E-state index in [2.05, 4.69) is 31.3 Å². The molecule has 0 aromatic carbocycles. The second-order valence-corrected chi connectivity index (χ2v) is 17.5. The molecule has 8 unspecified atom stereocenters. The highest BCUT2D eigenvalue weighted by Gasteiger charge is 2.51. The average Bonchev–Trinajstić information content (AvgIpc) is 3.19. The second-order valence-electron chi connectivity index (χ2n) is 16.1. The number of hydrogen-bond donors (Lipinski definition) is 9. The van der Waals surface area contributed by atoms with Crippen molar-refractivity contribution in [2.45, 2.75) is 229 Å². The smallest absolute Gasteiger partial charge is 0.392 e. The van der Waals surface area contributed by atoms with E-state index in [1.807, 2.05) is 12.2 Å². The molecule has 0 radical (unpaired) electrons. The molecule has 0 saturated heterocycles. The normalized spacial score (nSPS) is 24.1. The Bertz CT molecular complexity index is 1140. The number of nitrogens with one attached hydrogen (secondary N) is 1. The first-order chi connectivity index (χ1) is 27.8. The zero-order valence-corrected chi connectivity index (χ0v) is 36.6. The van der Waals surface area contributed by atoms with Crippen molar-refractivity contribution in [1.82, 2.24) is 5.32 Å². The lowest BCUT2D eigenvalue weighted by atomic mass is 9.85. The van der Waals surface area contributed by atoms with Crippen molar-refractivity contribution < 1.29 is 59.0 Å².